The largest absolute Gasteiger partial charge is 0.364 e. The van der Waals surface area contributed by atoms with E-state index in [2.05, 4.69) is 9.97 Å². The molecule has 0 aliphatic carbocycles. The summed E-state index contributed by atoms with van der Waals surface area (Å²) in [5.41, 5.74) is 5.89. The van der Waals surface area contributed by atoms with Gasteiger partial charge in [-0.1, -0.05) is 13.8 Å². The molecule has 1 amide bonds. The zero-order valence-electron chi connectivity index (χ0n) is 7.53. The highest BCUT2D eigenvalue weighted by Gasteiger charge is 1.99. The summed E-state index contributed by atoms with van der Waals surface area (Å²) in [6.45, 7) is 5.79. The van der Waals surface area contributed by atoms with Crippen molar-refractivity contribution >= 4 is 5.91 Å². The number of rotatable bonds is 1. The predicted octanol–water partition coefficient (Wildman–Crippen LogP) is 0.910. The Bertz CT molecular complexity index is 243. The van der Waals surface area contributed by atoms with Crippen molar-refractivity contribution in [2.45, 2.75) is 20.8 Å². The van der Waals surface area contributed by atoms with Gasteiger partial charge in [0.2, 0.25) is 0 Å². The van der Waals surface area contributed by atoms with Crippen LogP contribution in [0.3, 0.4) is 0 Å². The molecule has 1 rings (SSSR count). The molecule has 0 fully saturated rings. The number of primary amides is 1. The van der Waals surface area contributed by atoms with Crippen molar-refractivity contribution in [3.63, 3.8) is 0 Å². The number of carbonyl (C=O) groups is 1. The van der Waals surface area contributed by atoms with Gasteiger partial charge in [0, 0.05) is 6.20 Å². The topological polar surface area (TPSA) is 68.9 Å². The second-order valence-corrected chi connectivity index (χ2v) is 1.91. The van der Waals surface area contributed by atoms with Gasteiger partial charge in [-0.3, -0.25) is 9.78 Å². The van der Waals surface area contributed by atoms with Gasteiger partial charge in [-0.15, -0.1) is 0 Å². The summed E-state index contributed by atoms with van der Waals surface area (Å²) in [7, 11) is 0. The van der Waals surface area contributed by atoms with Crippen molar-refractivity contribution in [1.29, 1.82) is 0 Å². The van der Waals surface area contributed by atoms with E-state index in [1.54, 1.807) is 6.92 Å². The van der Waals surface area contributed by atoms with Crippen LogP contribution in [-0.2, 0) is 0 Å². The molecule has 0 aromatic carbocycles. The van der Waals surface area contributed by atoms with E-state index in [9.17, 15) is 4.79 Å². The number of hydrogen-bond acceptors (Lipinski definition) is 3. The fraction of sp³-hybridized carbons (Fsp3) is 0.375. The highest BCUT2D eigenvalue weighted by atomic mass is 16.1. The quantitative estimate of drug-likeness (QED) is 0.675. The van der Waals surface area contributed by atoms with E-state index in [0.717, 1.165) is 5.69 Å². The van der Waals surface area contributed by atoms with Crippen LogP contribution in [0.15, 0.2) is 12.4 Å². The summed E-state index contributed by atoms with van der Waals surface area (Å²) in [6.07, 6.45) is 2.86. The van der Waals surface area contributed by atoms with Gasteiger partial charge in [-0.2, -0.15) is 0 Å². The summed E-state index contributed by atoms with van der Waals surface area (Å²) < 4.78 is 0. The van der Waals surface area contributed by atoms with E-state index in [0.29, 0.717) is 0 Å². The molecular formula is C8H13N3O. The fourth-order valence-corrected chi connectivity index (χ4v) is 0.520. The lowest BCUT2D eigenvalue weighted by molar-refractivity contribution is 0.0995. The maximum Gasteiger partial charge on any atom is 0.268 e. The molecule has 0 saturated heterocycles. The van der Waals surface area contributed by atoms with Crippen LogP contribution in [-0.4, -0.2) is 15.9 Å². The summed E-state index contributed by atoms with van der Waals surface area (Å²) in [6, 6.07) is 0. The van der Waals surface area contributed by atoms with Gasteiger partial charge in [0.1, 0.15) is 5.69 Å². The summed E-state index contributed by atoms with van der Waals surface area (Å²) >= 11 is 0. The number of amides is 1. The van der Waals surface area contributed by atoms with Crippen LogP contribution in [0.25, 0.3) is 0 Å². The molecule has 0 bridgehead atoms. The van der Waals surface area contributed by atoms with Crippen molar-refractivity contribution in [3.05, 3.63) is 23.8 Å². The van der Waals surface area contributed by atoms with Gasteiger partial charge in [0.15, 0.2) is 0 Å². The summed E-state index contributed by atoms with van der Waals surface area (Å²) in [5.74, 6) is -0.549. The SMILES string of the molecule is CC.Cc1cnc(C(N)=O)cn1. The Morgan fingerprint density at radius 3 is 2.25 bits per heavy atom. The summed E-state index contributed by atoms with van der Waals surface area (Å²) in [5, 5.41) is 0. The lowest BCUT2D eigenvalue weighted by Crippen LogP contribution is -2.13. The minimum atomic E-state index is -0.549. The average molecular weight is 167 g/mol. The van der Waals surface area contributed by atoms with Gasteiger partial charge in [0.05, 0.1) is 11.9 Å². The molecule has 1 aromatic rings. The first-order valence-electron chi connectivity index (χ1n) is 3.78. The van der Waals surface area contributed by atoms with Crippen LogP contribution in [0.1, 0.15) is 30.0 Å². The van der Waals surface area contributed by atoms with Crippen molar-refractivity contribution < 1.29 is 4.79 Å². The third-order valence-corrected chi connectivity index (χ3v) is 1.03. The molecular weight excluding hydrogens is 154 g/mol. The molecule has 2 N–H and O–H groups in total. The zero-order chi connectivity index (χ0) is 9.56. The van der Waals surface area contributed by atoms with Crippen molar-refractivity contribution in [2.24, 2.45) is 5.73 Å². The molecule has 0 aliphatic heterocycles. The molecule has 0 unspecified atom stereocenters. The van der Waals surface area contributed by atoms with Gasteiger partial charge in [0.25, 0.3) is 5.91 Å². The van der Waals surface area contributed by atoms with Gasteiger partial charge < -0.3 is 5.73 Å². The smallest absolute Gasteiger partial charge is 0.268 e. The normalized spacial score (nSPS) is 8.25. The Balaban J connectivity index is 0.000000561. The number of aryl methyl sites for hydroxylation is 1. The molecule has 12 heavy (non-hydrogen) atoms. The van der Waals surface area contributed by atoms with E-state index in [-0.39, 0.29) is 5.69 Å². The molecule has 0 radical (unpaired) electrons. The Kier molecular flexibility index (Phi) is 4.60. The minimum absolute atomic E-state index is 0.200. The molecule has 4 nitrogen and oxygen atoms in total. The molecule has 0 spiro atoms. The molecule has 1 heterocycles. The Hall–Kier alpha value is -1.45. The average Bonchev–Trinajstić information content (AvgIpc) is 2.09. The number of nitrogens with zero attached hydrogens (tertiary/aromatic N) is 2. The fourth-order valence-electron chi connectivity index (χ4n) is 0.520. The highest BCUT2D eigenvalue weighted by Crippen LogP contribution is 1.91. The van der Waals surface area contributed by atoms with E-state index < -0.39 is 5.91 Å². The number of carbonyl (C=O) groups excluding carboxylic acids is 1. The maximum absolute atomic E-state index is 10.4. The van der Waals surface area contributed by atoms with Crippen molar-refractivity contribution in [1.82, 2.24) is 9.97 Å². The van der Waals surface area contributed by atoms with Crippen molar-refractivity contribution in [2.75, 3.05) is 0 Å². The lowest BCUT2D eigenvalue weighted by atomic mass is 10.4. The van der Waals surface area contributed by atoms with E-state index in [1.807, 2.05) is 13.8 Å². The second-order valence-electron chi connectivity index (χ2n) is 1.91. The molecule has 1 aromatic heterocycles. The second kappa shape index (κ2) is 5.23. The highest BCUT2D eigenvalue weighted by molar-refractivity contribution is 5.90. The van der Waals surface area contributed by atoms with Gasteiger partial charge in [-0.25, -0.2) is 4.98 Å². The van der Waals surface area contributed by atoms with Crippen LogP contribution in [0.5, 0.6) is 0 Å². The van der Waals surface area contributed by atoms with Crippen molar-refractivity contribution in [3.8, 4) is 0 Å². The van der Waals surface area contributed by atoms with E-state index in [4.69, 9.17) is 5.73 Å². The van der Waals surface area contributed by atoms with Crippen LogP contribution >= 0.6 is 0 Å². The maximum atomic E-state index is 10.4. The van der Waals surface area contributed by atoms with E-state index in [1.165, 1.54) is 12.4 Å². The Labute approximate surface area is 71.8 Å². The lowest BCUT2D eigenvalue weighted by Gasteiger charge is -1.92. The minimum Gasteiger partial charge on any atom is -0.364 e. The number of aromatic nitrogens is 2. The standard InChI is InChI=1S/C6H7N3O.C2H6/c1-4-2-9-5(3-8-4)6(7)10;1-2/h2-3H,1H3,(H2,7,10);1-2H3. The van der Waals surface area contributed by atoms with Crippen LogP contribution in [0.4, 0.5) is 0 Å². The third-order valence-electron chi connectivity index (χ3n) is 1.03. The molecule has 0 saturated carbocycles. The molecule has 66 valence electrons. The summed E-state index contributed by atoms with van der Waals surface area (Å²) in [4.78, 5) is 18.0. The van der Waals surface area contributed by atoms with Crippen LogP contribution in [0.2, 0.25) is 0 Å². The monoisotopic (exact) mass is 167 g/mol. The number of hydrogen-bond donors (Lipinski definition) is 1. The first-order chi connectivity index (χ1) is 5.70. The zero-order valence-corrected chi connectivity index (χ0v) is 7.53. The van der Waals surface area contributed by atoms with Gasteiger partial charge >= 0.3 is 0 Å². The third kappa shape index (κ3) is 3.09. The van der Waals surface area contributed by atoms with E-state index >= 15 is 0 Å². The molecule has 0 aliphatic rings. The molecule has 0 atom stereocenters. The first kappa shape index (κ1) is 10.6. The first-order valence-corrected chi connectivity index (χ1v) is 3.78. The van der Waals surface area contributed by atoms with Gasteiger partial charge in [-0.05, 0) is 6.92 Å². The Morgan fingerprint density at radius 2 is 1.92 bits per heavy atom. The predicted molar refractivity (Wildman–Crippen MR) is 46.6 cm³/mol. The van der Waals surface area contributed by atoms with Crippen LogP contribution < -0.4 is 5.73 Å². The molecule has 4 heteroatoms. The number of nitrogens with two attached hydrogens (primary N) is 1. The Morgan fingerprint density at radius 1 is 1.33 bits per heavy atom. The van der Waals surface area contributed by atoms with Crippen LogP contribution in [0, 0.1) is 6.92 Å².